The second-order valence-corrected chi connectivity index (χ2v) is 8.39. The number of carbonyl (C=O) groups is 1. The maximum Gasteiger partial charge on any atom is 0.419 e. The van der Waals surface area contributed by atoms with Crippen LogP contribution in [0.25, 0.3) is 10.2 Å². The van der Waals surface area contributed by atoms with Crippen molar-refractivity contribution in [1.82, 2.24) is 15.3 Å². The number of pyridine rings is 1. The van der Waals surface area contributed by atoms with Gasteiger partial charge in [-0.2, -0.15) is 13.2 Å². The summed E-state index contributed by atoms with van der Waals surface area (Å²) < 4.78 is 41.0. The molecule has 1 fully saturated rings. The number of hydrogen-bond donors (Lipinski definition) is 2. The predicted molar refractivity (Wildman–Crippen MR) is 115 cm³/mol. The number of fused-ring (bicyclic) bond motifs is 1. The highest BCUT2D eigenvalue weighted by Crippen LogP contribution is 2.36. The molecular weight excluding hydrogens is 427 g/mol. The van der Waals surface area contributed by atoms with Gasteiger partial charge in [-0.15, -0.1) is 0 Å². The molecule has 2 aromatic heterocycles. The number of alkyl halides is 3. The number of hydrogen-bond acceptors (Lipinski definition) is 6. The molecule has 1 aliphatic rings. The summed E-state index contributed by atoms with van der Waals surface area (Å²) >= 11 is 1.54. The molecule has 0 radical (unpaired) electrons. The molecule has 1 aromatic carbocycles. The Hall–Kier alpha value is -2.88. The van der Waals surface area contributed by atoms with E-state index < -0.39 is 11.7 Å². The monoisotopic (exact) mass is 449 g/mol. The highest BCUT2D eigenvalue weighted by Gasteiger charge is 2.37. The lowest BCUT2D eigenvalue weighted by Gasteiger charge is -2.34. The first-order valence-electron chi connectivity index (χ1n) is 10.1. The van der Waals surface area contributed by atoms with Crippen LogP contribution in [-0.2, 0) is 11.0 Å². The van der Waals surface area contributed by atoms with Gasteiger partial charge in [0, 0.05) is 32.4 Å². The van der Waals surface area contributed by atoms with Crippen molar-refractivity contribution in [3.63, 3.8) is 0 Å². The van der Waals surface area contributed by atoms with E-state index in [-0.39, 0.29) is 24.2 Å². The molecular formula is C21H22F3N5OS. The summed E-state index contributed by atoms with van der Waals surface area (Å²) in [6.07, 6.45) is -1.86. The largest absolute Gasteiger partial charge is 0.419 e. The van der Waals surface area contributed by atoms with Crippen LogP contribution >= 0.6 is 11.3 Å². The average molecular weight is 450 g/mol. The molecule has 0 spiro atoms. The smallest absolute Gasteiger partial charge is 0.360 e. The van der Waals surface area contributed by atoms with E-state index in [0.29, 0.717) is 32.5 Å². The van der Waals surface area contributed by atoms with Crippen LogP contribution in [0.3, 0.4) is 0 Å². The Morgan fingerprint density at radius 3 is 2.84 bits per heavy atom. The van der Waals surface area contributed by atoms with Gasteiger partial charge in [0.25, 0.3) is 0 Å². The number of piperidine rings is 1. The van der Waals surface area contributed by atoms with Crippen molar-refractivity contribution in [3.05, 3.63) is 48.2 Å². The van der Waals surface area contributed by atoms with E-state index in [9.17, 15) is 18.0 Å². The van der Waals surface area contributed by atoms with Crippen molar-refractivity contribution in [3.8, 4) is 0 Å². The maximum absolute atomic E-state index is 13.3. The second-order valence-electron chi connectivity index (χ2n) is 7.36. The van der Waals surface area contributed by atoms with E-state index in [1.807, 2.05) is 24.3 Å². The van der Waals surface area contributed by atoms with Crippen LogP contribution in [0, 0.1) is 5.92 Å². The minimum atomic E-state index is -4.48. The number of benzene rings is 1. The van der Waals surface area contributed by atoms with Crippen LogP contribution < -0.4 is 15.5 Å². The van der Waals surface area contributed by atoms with E-state index in [1.54, 1.807) is 16.2 Å². The first-order chi connectivity index (χ1) is 14.9. The predicted octanol–water partition coefficient (Wildman–Crippen LogP) is 4.15. The van der Waals surface area contributed by atoms with Crippen molar-refractivity contribution in [2.45, 2.75) is 19.0 Å². The molecule has 0 bridgehead atoms. The molecule has 3 aromatic rings. The molecule has 0 aliphatic carbocycles. The highest BCUT2D eigenvalue weighted by molar-refractivity contribution is 7.22. The standard InChI is InChI=1S/C21H22F3N5OS/c22-21(23,24)15-6-3-9-25-18(15)29-12-4-5-14(13-29)19(30)26-10-11-27-20-28-16-7-1-2-8-17(16)31-20/h1-3,6-9,14H,4-5,10-13H2,(H,26,30)(H,27,28). The summed E-state index contributed by atoms with van der Waals surface area (Å²) in [6.45, 7) is 1.59. The fraction of sp³-hybridized carbons (Fsp3) is 0.381. The number of nitrogens with zero attached hydrogens (tertiary/aromatic N) is 3. The van der Waals surface area contributed by atoms with Gasteiger partial charge in [-0.3, -0.25) is 4.79 Å². The Morgan fingerprint density at radius 2 is 2.03 bits per heavy atom. The number of anilines is 2. The van der Waals surface area contributed by atoms with Gasteiger partial charge >= 0.3 is 6.18 Å². The molecule has 0 saturated carbocycles. The number of rotatable bonds is 6. The molecule has 2 N–H and O–H groups in total. The van der Waals surface area contributed by atoms with E-state index >= 15 is 0 Å². The fourth-order valence-electron chi connectivity index (χ4n) is 3.70. The van der Waals surface area contributed by atoms with Crippen molar-refractivity contribution >= 4 is 38.4 Å². The Morgan fingerprint density at radius 1 is 1.19 bits per heavy atom. The zero-order valence-electron chi connectivity index (χ0n) is 16.7. The van der Waals surface area contributed by atoms with Gasteiger partial charge in [0.1, 0.15) is 5.82 Å². The van der Waals surface area contributed by atoms with E-state index in [1.165, 1.54) is 12.3 Å². The number of para-hydroxylation sites is 1. The fourth-order valence-corrected chi connectivity index (χ4v) is 4.59. The molecule has 1 saturated heterocycles. The topological polar surface area (TPSA) is 70.2 Å². The normalized spacial score (nSPS) is 17.0. The third-order valence-corrected chi connectivity index (χ3v) is 6.17. The van der Waals surface area contributed by atoms with Crippen LogP contribution in [-0.4, -0.2) is 42.1 Å². The van der Waals surface area contributed by atoms with Gasteiger partial charge in [-0.25, -0.2) is 9.97 Å². The molecule has 31 heavy (non-hydrogen) atoms. The Balaban J connectivity index is 1.30. The first-order valence-corrected chi connectivity index (χ1v) is 10.9. The van der Waals surface area contributed by atoms with Crippen molar-refractivity contribution in [2.75, 3.05) is 36.4 Å². The SMILES string of the molecule is O=C(NCCNc1nc2ccccc2s1)C1CCCN(c2ncccc2C(F)(F)F)C1. The molecule has 1 unspecified atom stereocenters. The Kier molecular flexibility index (Phi) is 6.26. The van der Waals surface area contributed by atoms with Crippen molar-refractivity contribution in [2.24, 2.45) is 5.92 Å². The quantitative estimate of drug-likeness (QED) is 0.553. The summed E-state index contributed by atoms with van der Waals surface area (Å²) in [7, 11) is 0. The highest BCUT2D eigenvalue weighted by atomic mass is 32.1. The first kappa shape index (κ1) is 21.4. The van der Waals surface area contributed by atoms with Gasteiger partial charge in [0.05, 0.1) is 21.7 Å². The lowest BCUT2D eigenvalue weighted by molar-refractivity contribution is -0.137. The summed E-state index contributed by atoms with van der Waals surface area (Å²) in [6, 6.07) is 10.1. The van der Waals surface area contributed by atoms with E-state index in [0.717, 1.165) is 21.4 Å². The summed E-state index contributed by atoms with van der Waals surface area (Å²) in [5.74, 6) is -0.635. The summed E-state index contributed by atoms with van der Waals surface area (Å²) in [4.78, 5) is 22.6. The molecule has 164 valence electrons. The van der Waals surface area contributed by atoms with E-state index in [4.69, 9.17) is 0 Å². The van der Waals surface area contributed by atoms with Crippen LogP contribution in [0.2, 0.25) is 0 Å². The van der Waals surface area contributed by atoms with Crippen LogP contribution in [0.15, 0.2) is 42.6 Å². The minimum Gasteiger partial charge on any atom is -0.360 e. The number of nitrogens with one attached hydrogen (secondary N) is 2. The van der Waals surface area contributed by atoms with Gasteiger partial charge in [-0.1, -0.05) is 23.5 Å². The molecule has 1 atom stereocenters. The van der Waals surface area contributed by atoms with E-state index in [2.05, 4.69) is 20.6 Å². The zero-order chi connectivity index (χ0) is 21.8. The summed E-state index contributed by atoms with van der Waals surface area (Å²) in [5.41, 5.74) is 0.158. The third kappa shape index (κ3) is 5.07. The number of thiazole rings is 1. The Labute approximate surface area is 181 Å². The second kappa shape index (κ2) is 9.09. The van der Waals surface area contributed by atoms with Crippen LogP contribution in [0.5, 0.6) is 0 Å². The molecule has 10 heteroatoms. The molecule has 4 rings (SSSR count). The van der Waals surface area contributed by atoms with Crippen LogP contribution in [0.1, 0.15) is 18.4 Å². The lowest BCUT2D eigenvalue weighted by atomic mass is 9.96. The molecule has 6 nitrogen and oxygen atoms in total. The molecule has 3 heterocycles. The number of amides is 1. The minimum absolute atomic E-state index is 0.106. The average Bonchev–Trinajstić information content (AvgIpc) is 3.19. The maximum atomic E-state index is 13.3. The van der Waals surface area contributed by atoms with Gasteiger partial charge < -0.3 is 15.5 Å². The molecule has 1 aliphatic heterocycles. The van der Waals surface area contributed by atoms with Gasteiger partial charge in [-0.05, 0) is 37.1 Å². The number of halogens is 3. The van der Waals surface area contributed by atoms with Gasteiger partial charge in [0.2, 0.25) is 5.91 Å². The van der Waals surface area contributed by atoms with Crippen LogP contribution in [0.4, 0.5) is 24.1 Å². The van der Waals surface area contributed by atoms with Crippen molar-refractivity contribution in [1.29, 1.82) is 0 Å². The number of carbonyl (C=O) groups excluding carboxylic acids is 1. The summed E-state index contributed by atoms with van der Waals surface area (Å²) in [5, 5.41) is 6.86. The van der Waals surface area contributed by atoms with Gasteiger partial charge in [0.15, 0.2) is 5.13 Å². The zero-order valence-corrected chi connectivity index (χ0v) is 17.5. The lowest BCUT2D eigenvalue weighted by Crippen LogP contribution is -2.44. The Bertz CT molecular complexity index is 1020. The van der Waals surface area contributed by atoms with Crippen molar-refractivity contribution < 1.29 is 18.0 Å². The third-order valence-electron chi connectivity index (χ3n) is 5.18. The number of aromatic nitrogens is 2. The molecule has 1 amide bonds.